The van der Waals surface area contributed by atoms with Crippen LogP contribution >= 0.6 is 27.7 Å². The van der Waals surface area contributed by atoms with E-state index in [0.717, 1.165) is 17.5 Å². The Morgan fingerprint density at radius 3 is 2.77 bits per heavy atom. The molecule has 5 nitrogen and oxygen atoms in total. The first-order valence-corrected chi connectivity index (χ1v) is 8.06. The van der Waals surface area contributed by atoms with Gasteiger partial charge in [-0.05, 0) is 32.0 Å². The summed E-state index contributed by atoms with van der Waals surface area (Å²) in [4.78, 5) is 20.4. The molecule has 116 valence electrons. The molecule has 1 amide bonds. The molecule has 0 radical (unpaired) electrons. The molecule has 2 aromatic rings. The molecule has 0 saturated carbocycles. The molecule has 0 spiro atoms. The van der Waals surface area contributed by atoms with Crippen molar-refractivity contribution in [3.63, 3.8) is 0 Å². The minimum atomic E-state index is -0.504. The van der Waals surface area contributed by atoms with Crippen LogP contribution in [0.5, 0.6) is 0 Å². The summed E-state index contributed by atoms with van der Waals surface area (Å²) in [6.45, 7) is 3.49. The van der Waals surface area contributed by atoms with Crippen LogP contribution in [0.2, 0.25) is 0 Å². The number of hydrogen-bond acceptors (Lipinski definition) is 5. The highest BCUT2D eigenvalue weighted by atomic mass is 79.9. The van der Waals surface area contributed by atoms with Crippen molar-refractivity contribution in [1.82, 2.24) is 9.97 Å². The second kappa shape index (κ2) is 7.06. The van der Waals surface area contributed by atoms with E-state index in [1.807, 2.05) is 0 Å². The Bertz CT molecular complexity index is 693. The fourth-order valence-corrected chi connectivity index (χ4v) is 2.82. The minimum absolute atomic E-state index is 0.130. The standard InChI is InChI=1S/C14H14BrFN4OS/c1-7-5-12(17)20-14(18-7)22-8(2)13(21)19-11-4-3-9(15)6-10(11)16/h3-6,8H,1-2H3,(H,19,21)(H2,17,18,20)/t8-/m1/s1. The molecule has 0 unspecified atom stereocenters. The number of rotatable bonds is 4. The third-order valence-corrected chi connectivity index (χ3v) is 4.15. The molecule has 1 aromatic carbocycles. The number of hydrogen-bond donors (Lipinski definition) is 2. The van der Waals surface area contributed by atoms with Gasteiger partial charge in [0, 0.05) is 16.2 Å². The summed E-state index contributed by atoms with van der Waals surface area (Å²) in [7, 11) is 0. The van der Waals surface area contributed by atoms with Crippen LogP contribution in [0.4, 0.5) is 15.9 Å². The van der Waals surface area contributed by atoms with E-state index >= 15 is 0 Å². The van der Waals surface area contributed by atoms with Crippen molar-refractivity contribution in [2.75, 3.05) is 11.1 Å². The number of amides is 1. The van der Waals surface area contributed by atoms with Crippen LogP contribution in [0.25, 0.3) is 0 Å². The lowest BCUT2D eigenvalue weighted by molar-refractivity contribution is -0.115. The molecule has 8 heteroatoms. The third-order valence-electron chi connectivity index (χ3n) is 2.69. The molecule has 0 fully saturated rings. The summed E-state index contributed by atoms with van der Waals surface area (Å²) >= 11 is 4.33. The zero-order valence-electron chi connectivity index (χ0n) is 11.9. The number of nitrogens with one attached hydrogen (secondary N) is 1. The zero-order valence-corrected chi connectivity index (χ0v) is 14.3. The highest BCUT2D eigenvalue weighted by molar-refractivity contribution is 9.10. The van der Waals surface area contributed by atoms with Crippen LogP contribution in [0.1, 0.15) is 12.6 Å². The van der Waals surface area contributed by atoms with E-state index in [2.05, 4.69) is 31.2 Å². The van der Waals surface area contributed by atoms with Crippen LogP contribution in [0.3, 0.4) is 0 Å². The lowest BCUT2D eigenvalue weighted by atomic mass is 10.3. The molecule has 0 aliphatic carbocycles. The average Bonchev–Trinajstić information content (AvgIpc) is 2.40. The van der Waals surface area contributed by atoms with Crippen molar-refractivity contribution < 1.29 is 9.18 Å². The molecular formula is C14H14BrFN4OS. The molecule has 0 aliphatic heterocycles. The maximum atomic E-state index is 13.7. The van der Waals surface area contributed by atoms with E-state index < -0.39 is 11.1 Å². The second-order valence-corrected chi connectivity index (χ2v) is 6.81. The number of aryl methyl sites for hydroxylation is 1. The van der Waals surface area contributed by atoms with Crippen LogP contribution in [0.15, 0.2) is 33.9 Å². The summed E-state index contributed by atoms with van der Waals surface area (Å²) in [5.41, 5.74) is 6.50. The van der Waals surface area contributed by atoms with Gasteiger partial charge in [0.05, 0.1) is 10.9 Å². The Hall–Kier alpha value is -1.67. The van der Waals surface area contributed by atoms with E-state index in [1.165, 1.54) is 12.1 Å². The van der Waals surface area contributed by atoms with Gasteiger partial charge in [0.1, 0.15) is 11.6 Å². The number of aromatic nitrogens is 2. The van der Waals surface area contributed by atoms with Gasteiger partial charge < -0.3 is 11.1 Å². The number of nitrogens with zero attached hydrogens (tertiary/aromatic N) is 2. The fraction of sp³-hybridized carbons (Fsp3) is 0.214. The SMILES string of the molecule is Cc1cc(N)nc(S[C@H](C)C(=O)Nc2ccc(Br)cc2F)n1. The van der Waals surface area contributed by atoms with Crippen molar-refractivity contribution in [3.05, 3.63) is 40.2 Å². The highest BCUT2D eigenvalue weighted by Crippen LogP contribution is 2.24. The number of benzene rings is 1. The number of nitrogens with two attached hydrogens (primary N) is 1. The van der Waals surface area contributed by atoms with Gasteiger partial charge in [0.15, 0.2) is 5.16 Å². The van der Waals surface area contributed by atoms with Crippen molar-refractivity contribution in [2.45, 2.75) is 24.3 Å². The minimum Gasteiger partial charge on any atom is -0.384 e. The molecule has 2 rings (SSSR count). The lowest BCUT2D eigenvalue weighted by Crippen LogP contribution is -2.23. The molecule has 0 saturated heterocycles. The number of anilines is 2. The summed E-state index contributed by atoms with van der Waals surface area (Å²) in [5, 5.41) is 2.46. The van der Waals surface area contributed by atoms with Crippen LogP contribution in [-0.2, 0) is 4.79 Å². The Morgan fingerprint density at radius 2 is 2.14 bits per heavy atom. The molecule has 1 aromatic heterocycles. The summed E-state index contributed by atoms with van der Waals surface area (Å²) < 4.78 is 14.3. The van der Waals surface area contributed by atoms with Gasteiger partial charge in [0.25, 0.3) is 0 Å². The van der Waals surface area contributed by atoms with E-state index in [9.17, 15) is 9.18 Å². The quantitative estimate of drug-likeness (QED) is 0.623. The third kappa shape index (κ3) is 4.41. The van der Waals surface area contributed by atoms with Crippen molar-refractivity contribution in [1.29, 1.82) is 0 Å². The van der Waals surface area contributed by atoms with E-state index in [4.69, 9.17) is 5.73 Å². The molecule has 1 atom stereocenters. The predicted molar refractivity (Wildman–Crippen MR) is 89.2 cm³/mol. The molecule has 3 N–H and O–H groups in total. The molecule has 22 heavy (non-hydrogen) atoms. The summed E-state index contributed by atoms with van der Waals surface area (Å²) in [5.74, 6) is -0.493. The molecule has 1 heterocycles. The first-order chi connectivity index (χ1) is 10.3. The van der Waals surface area contributed by atoms with Gasteiger partial charge in [-0.15, -0.1) is 0 Å². The lowest BCUT2D eigenvalue weighted by Gasteiger charge is -2.12. The predicted octanol–water partition coefficient (Wildman–Crippen LogP) is 3.39. The average molecular weight is 385 g/mol. The summed E-state index contributed by atoms with van der Waals surface area (Å²) in [6.07, 6.45) is 0. The Morgan fingerprint density at radius 1 is 1.41 bits per heavy atom. The number of nitrogen functional groups attached to an aromatic ring is 1. The largest absolute Gasteiger partial charge is 0.384 e. The molecular weight excluding hydrogens is 371 g/mol. The van der Waals surface area contributed by atoms with Gasteiger partial charge in [-0.2, -0.15) is 0 Å². The molecule has 0 bridgehead atoms. The number of carbonyl (C=O) groups is 1. The maximum Gasteiger partial charge on any atom is 0.237 e. The second-order valence-electron chi connectivity index (χ2n) is 4.59. The van der Waals surface area contributed by atoms with Gasteiger partial charge in [-0.1, -0.05) is 27.7 Å². The number of thioether (sulfide) groups is 1. The first-order valence-electron chi connectivity index (χ1n) is 6.39. The van der Waals surface area contributed by atoms with Gasteiger partial charge in [-0.3, -0.25) is 4.79 Å². The fourth-order valence-electron chi connectivity index (χ4n) is 1.65. The van der Waals surface area contributed by atoms with Crippen molar-refractivity contribution in [3.8, 4) is 0 Å². The van der Waals surface area contributed by atoms with Gasteiger partial charge >= 0.3 is 0 Å². The van der Waals surface area contributed by atoms with Crippen LogP contribution in [0, 0.1) is 12.7 Å². The van der Waals surface area contributed by atoms with Gasteiger partial charge in [0.2, 0.25) is 5.91 Å². The van der Waals surface area contributed by atoms with Crippen molar-refractivity contribution >= 4 is 45.1 Å². The van der Waals surface area contributed by atoms with Crippen molar-refractivity contribution in [2.24, 2.45) is 0 Å². The smallest absolute Gasteiger partial charge is 0.237 e. The summed E-state index contributed by atoms with van der Waals surface area (Å²) in [6, 6.07) is 6.08. The monoisotopic (exact) mass is 384 g/mol. The van der Waals surface area contributed by atoms with Crippen LogP contribution in [-0.4, -0.2) is 21.1 Å². The van der Waals surface area contributed by atoms with Crippen LogP contribution < -0.4 is 11.1 Å². The first kappa shape index (κ1) is 16.7. The van der Waals surface area contributed by atoms with E-state index in [-0.39, 0.29) is 11.6 Å². The number of halogens is 2. The Labute approximate surface area is 140 Å². The topological polar surface area (TPSA) is 80.9 Å². The Kier molecular flexibility index (Phi) is 5.36. The molecule has 0 aliphatic rings. The maximum absolute atomic E-state index is 13.7. The van der Waals surface area contributed by atoms with E-state index in [0.29, 0.717) is 15.4 Å². The number of carbonyl (C=O) groups excluding carboxylic acids is 1. The highest BCUT2D eigenvalue weighted by Gasteiger charge is 2.18. The van der Waals surface area contributed by atoms with Gasteiger partial charge in [-0.25, -0.2) is 14.4 Å². The zero-order chi connectivity index (χ0) is 16.3. The van der Waals surface area contributed by atoms with E-state index in [1.54, 1.807) is 26.0 Å². The normalized spacial score (nSPS) is 12.0. The Balaban J connectivity index is 2.05.